The molecule has 0 spiro atoms. The summed E-state index contributed by atoms with van der Waals surface area (Å²) in [6, 6.07) is 4.72. The van der Waals surface area contributed by atoms with Gasteiger partial charge < -0.3 is 4.57 Å². The number of aryl methyl sites for hydroxylation is 1. The Morgan fingerprint density at radius 1 is 1.11 bits per heavy atom. The van der Waals surface area contributed by atoms with Crippen molar-refractivity contribution in [2.24, 2.45) is 7.05 Å². The fraction of sp³-hybridized carbons (Fsp3) is 0.154. The van der Waals surface area contributed by atoms with Gasteiger partial charge in [-0.2, -0.15) is 13.2 Å². The van der Waals surface area contributed by atoms with Gasteiger partial charge >= 0.3 is 6.18 Å². The van der Waals surface area contributed by atoms with Crippen molar-refractivity contribution in [1.29, 1.82) is 0 Å². The van der Waals surface area contributed by atoms with E-state index in [0.29, 0.717) is 11.4 Å². The summed E-state index contributed by atoms with van der Waals surface area (Å²) < 4.78 is 38.7. The number of rotatable bonds is 0. The van der Waals surface area contributed by atoms with E-state index in [4.69, 9.17) is 0 Å². The Morgan fingerprint density at radius 3 is 2.28 bits per heavy atom. The summed E-state index contributed by atoms with van der Waals surface area (Å²) in [5.74, 6) is 6.12. The average molecular weight is 250 g/mol. The maximum absolute atomic E-state index is 12.3. The lowest BCUT2D eigenvalue weighted by Crippen LogP contribution is -2.04. The SMILES string of the molecule is Cn1ccnc1C#Cc1ccc(C(F)(F)F)cc1. The zero-order chi connectivity index (χ0) is 13.2. The van der Waals surface area contributed by atoms with Crippen molar-refractivity contribution in [2.45, 2.75) is 6.18 Å². The number of aromatic nitrogens is 2. The lowest BCUT2D eigenvalue weighted by Gasteiger charge is -2.05. The Balaban J connectivity index is 2.22. The topological polar surface area (TPSA) is 17.8 Å². The number of alkyl halides is 3. The van der Waals surface area contributed by atoms with Gasteiger partial charge in [0.1, 0.15) is 0 Å². The summed E-state index contributed by atoms with van der Waals surface area (Å²) in [6.07, 6.45) is -0.959. The van der Waals surface area contributed by atoms with Crippen LogP contribution in [0.3, 0.4) is 0 Å². The molecule has 0 aliphatic rings. The summed E-state index contributed by atoms with van der Waals surface area (Å²) in [4.78, 5) is 4.00. The quantitative estimate of drug-likeness (QED) is 0.657. The third-order valence-corrected chi connectivity index (χ3v) is 2.35. The first-order valence-corrected chi connectivity index (χ1v) is 5.13. The van der Waals surface area contributed by atoms with Gasteiger partial charge in [-0.05, 0) is 30.2 Å². The van der Waals surface area contributed by atoms with Crippen molar-refractivity contribution >= 4 is 0 Å². The highest BCUT2D eigenvalue weighted by Gasteiger charge is 2.29. The van der Waals surface area contributed by atoms with Crippen LogP contribution in [0.15, 0.2) is 36.7 Å². The molecule has 0 N–H and O–H groups in total. The van der Waals surface area contributed by atoms with E-state index in [-0.39, 0.29) is 0 Å². The van der Waals surface area contributed by atoms with Gasteiger partial charge in [-0.15, -0.1) is 0 Å². The molecule has 1 aromatic carbocycles. The standard InChI is InChI=1S/C13H9F3N2/c1-18-9-8-17-12(18)7-4-10-2-5-11(6-3-10)13(14,15)16/h2-3,5-6,8-9H,1H3. The molecule has 2 aromatic rings. The molecule has 18 heavy (non-hydrogen) atoms. The monoisotopic (exact) mass is 250 g/mol. The molecule has 2 rings (SSSR count). The molecule has 1 heterocycles. The molecule has 0 bridgehead atoms. The first-order valence-electron chi connectivity index (χ1n) is 5.13. The number of imidazole rings is 1. The average Bonchev–Trinajstić information content (AvgIpc) is 2.72. The molecule has 0 amide bonds. The first kappa shape index (κ1) is 12.2. The lowest BCUT2D eigenvalue weighted by molar-refractivity contribution is -0.137. The molecule has 0 aliphatic heterocycles. The third kappa shape index (κ3) is 2.72. The Hall–Kier alpha value is -2.22. The van der Waals surface area contributed by atoms with E-state index in [9.17, 15) is 13.2 Å². The Morgan fingerprint density at radius 2 is 1.78 bits per heavy atom. The van der Waals surface area contributed by atoms with Gasteiger partial charge in [0.2, 0.25) is 0 Å². The Bertz CT molecular complexity index is 598. The minimum absolute atomic E-state index is 0.519. The smallest absolute Gasteiger partial charge is 0.327 e. The zero-order valence-corrected chi connectivity index (χ0v) is 9.49. The summed E-state index contributed by atoms with van der Waals surface area (Å²) in [6.45, 7) is 0. The van der Waals surface area contributed by atoms with Crippen LogP contribution >= 0.6 is 0 Å². The minimum atomic E-state index is -4.31. The van der Waals surface area contributed by atoms with E-state index in [1.165, 1.54) is 12.1 Å². The number of hydrogen-bond acceptors (Lipinski definition) is 1. The molecular weight excluding hydrogens is 241 g/mol. The predicted octanol–water partition coefficient (Wildman–Crippen LogP) is 2.84. The normalized spacial score (nSPS) is 10.9. The summed E-state index contributed by atoms with van der Waals surface area (Å²) in [7, 11) is 1.80. The molecule has 2 nitrogen and oxygen atoms in total. The van der Waals surface area contributed by atoms with Crippen LogP contribution in [0.4, 0.5) is 13.2 Å². The highest BCUT2D eigenvalue weighted by atomic mass is 19.4. The van der Waals surface area contributed by atoms with Crippen LogP contribution in [0, 0.1) is 11.8 Å². The van der Waals surface area contributed by atoms with Crippen LogP contribution in [0.25, 0.3) is 0 Å². The number of nitrogens with zero attached hydrogens (tertiary/aromatic N) is 2. The van der Waals surface area contributed by atoms with Gasteiger partial charge in [-0.1, -0.05) is 5.92 Å². The second-order valence-corrected chi connectivity index (χ2v) is 3.69. The summed E-state index contributed by atoms with van der Waals surface area (Å²) >= 11 is 0. The predicted molar refractivity (Wildman–Crippen MR) is 60.6 cm³/mol. The number of hydrogen-bond donors (Lipinski definition) is 0. The van der Waals surface area contributed by atoms with Crippen molar-refractivity contribution in [3.8, 4) is 11.8 Å². The van der Waals surface area contributed by atoms with E-state index in [2.05, 4.69) is 16.8 Å². The van der Waals surface area contributed by atoms with Crippen molar-refractivity contribution in [3.63, 3.8) is 0 Å². The molecule has 0 saturated carbocycles. The van der Waals surface area contributed by atoms with Crippen molar-refractivity contribution in [1.82, 2.24) is 9.55 Å². The minimum Gasteiger partial charge on any atom is -0.327 e. The summed E-state index contributed by atoms with van der Waals surface area (Å²) in [5, 5.41) is 0. The van der Waals surface area contributed by atoms with Crippen LogP contribution in [0.5, 0.6) is 0 Å². The van der Waals surface area contributed by atoms with E-state index in [1.807, 2.05) is 0 Å². The molecule has 0 aliphatic carbocycles. The maximum Gasteiger partial charge on any atom is 0.416 e. The van der Waals surface area contributed by atoms with Crippen LogP contribution in [0.1, 0.15) is 17.0 Å². The van der Waals surface area contributed by atoms with Crippen molar-refractivity contribution < 1.29 is 13.2 Å². The first-order chi connectivity index (χ1) is 8.47. The Kier molecular flexibility index (Phi) is 3.11. The van der Waals surface area contributed by atoms with Gasteiger partial charge in [0.15, 0.2) is 5.82 Å². The molecule has 92 valence electrons. The zero-order valence-electron chi connectivity index (χ0n) is 9.49. The van der Waals surface area contributed by atoms with E-state index in [0.717, 1.165) is 12.1 Å². The maximum atomic E-state index is 12.3. The molecule has 5 heteroatoms. The van der Waals surface area contributed by atoms with Crippen molar-refractivity contribution in [2.75, 3.05) is 0 Å². The fourth-order valence-electron chi connectivity index (χ4n) is 1.36. The van der Waals surface area contributed by atoms with E-state index < -0.39 is 11.7 Å². The third-order valence-electron chi connectivity index (χ3n) is 2.35. The molecule has 0 saturated heterocycles. The second kappa shape index (κ2) is 4.57. The van der Waals surface area contributed by atoms with Crippen molar-refractivity contribution in [3.05, 3.63) is 53.6 Å². The molecule has 0 unspecified atom stereocenters. The van der Waals surface area contributed by atoms with Crippen LogP contribution in [-0.4, -0.2) is 9.55 Å². The molecule has 0 atom stereocenters. The van der Waals surface area contributed by atoms with Gasteiger partial charge in [0.25, 0.3) is 0 Å². The molecule has 0 radical (unpaired) electrons. The molecule has 0 fully saturated rings. The largest absolute Gasteiger partial charge is 0.416 e. The highest BCUT2D eigenvalue weighted by Crippen LogP contribution is 2.28. The highest BCUT2D eigenvalue weighted by molar-refractivity contribution is 5.40. The lowest BCUT2D eigenvalue weighted by atomic mass is 10.1. The van der Waals surface area contributed by atoms with E-state index in [1.54, 1.807) is 24.0 Å². The van der Waals surface area contributed by atoms with Crippen LogP contribution < -0.4 is 0 Å². The number of benzene rings is 1. The molecular formula is C13H9F3N2. The van der Waals surface area contributed by atoms with Crippen LogP contribution in [-0.2, 0) is 13.2 Å². The number of halogens is 3. The van der Waals surface area contributed by atoms with Gasteiger partial charge in [0, 0.05) is 25.0 Å². The summed E-state index contributed by atoms with van der Waals surface area (Å²) in [5.41, 5.74) is -0.156. The van der Waals surface area contributed by atoms with Gasteiger partial charge in [-0.3, -0.25) is 0 Å². The fourth-order valence-corrected chi connectivity index (χ4v) is 1.36. The van der Waals surface area contributed by atoms with Crippen LogP contribution in [0.2, 0.25) is 0 Å². The van der Waals surface area contributed by atoms with Gasteiger partial charge in [0.05, 0.1) is 5.56 Å². The van der Waals surface area contributed by atoms with Gasteiger partial charge in [-0.25, -0.2) is 4.98 Å². The Labute approximate surface area is 102 Å². The molecule has 1 aromatic heterocycles. The second-order valence-electron chi connectivity index (χ2n) is 3.69. The van der Waals surface area contributed by atoms with E-state index >= 15 is 0 Å².